The van der Waals surface area contributed by atoms with Gasteiger partial charge in [-0.25, -0.2) is 5.43 Å². The van der Waals surface area contributed by atoms with E-state index < -0.39 is 5.54 Å². The molecule has 0 aliphatic carbocycles. The standard InChI is InChI=1S/C23H32N6O/c1-7-8-14-23(22(2,3)4)21(30)29-20(18(15-24)19(25-29)27(5)6)28(26-23)16-17-12-10-9-11-13-17/h9-13,26H,7-8,14,16H2,1-6H3. The van der Waals surface area contributed by atoms with Crippen LogP contribution in [0.2, 0.25) is 0 Å². The van der Waals surface area contributed by atoms with Crippen molar-refractivity contribution in [1.82, 2.24) is 15.2 Å². The van der Waals surface area contributed by atoms with E-state index in [1.807, 2.05) is 49.4 Å². The lowest BCUT2D eigenvalue weighted by Gasteiger charge is -2.50. The number of hydrazine groups is 1. The van der Waals surface area contributed by atoms with E-state index in [0.717, 1.165) is 18.4 Å². The molecule has 1 N–H and O–H groups in total. The number of nitriles is 1. The molecular formula is C23H32N6O. The molecule has 0 saturated heterocycles. The Balaban J connectivity index is 2.22. The fourth-order valence-corrected chi connectivity index (χ4v) is 4.06. The number of benzene rings is 1. The highest BCUT2D eigenvalue weighted by Gasteiger charge is 2.54. The molecule has 1 aromatic carbocycles. The average molecular weight is 409 g/mol. The summed E-state index contributed by atoms with van der Waals surface area (Å²) < 4.78 is 1.45. The molecular weight excluding hydrogens is 376 g/mol. The SMILES string of the molecule is CCCCC1(C(C)(C)C)NN(Cc2ccccc2)c2c(C#N)c(N(C)C)nn2C1=O. The molecule has 7 heteroatoms. The summed E-state index contributed by atoms with van der Waals surface area (Å²) in [6, 6.07) is 12.3. The van der Waals surface area contributed by atoms with Crippen LogP contribution in [-0.2, 0) is 6.54 Å². The Morgan fingerprint density at radius 3 is 2.43 bits per heavy atom. The van der Waals surface area contributed by atoms with Gasteiger partial charge in [-0.1, -0.05) is 70.9 Å². The zero-order chi connectivity index (χ0) is 22.1. The zero-order valence-corrected chi connectivity index (χ0v) is 18.9. The molecule has 2 aromatic rings. The number of rotatable bonds is 6. The fourth-order valence-electron chi connectivity index (χ4n) is 4.06. The highest BCUT2D eigenvalue weighted by atomic mass is 16.2. The fraction of sp³-hybridized carbons (Fsp3) is 0.522. The van der Waals surface area contributed by atoms with Crippen molar-refractivity contribution in [2.24, 2.45) is 5.41 Å². The number of unbranched alkanes of at least 4 members (excludes halogenated alkanes) is 1. The third-order valence-corrected chi connectivity index (χ3v) is 5.89. The Labute approximate surface area is 179 Å². The van der Waals surface area contributed by atoms with Crippen molar-refractivity contribution in [3.05, 3.63) is 41.5 Å². The van der Waals surface area contributed by atoms with Gasteiger partial charge in [-0.3, -0.25) is 9.80 Å². The molecule has 1 unspecified atom stereocenters. The van der Waals surface area contributed by atoms with Gasteiger partial charge >= 0.3 is 0 Å². The largest absolute Gasteiger partial charge is 0.360 e. The molecule has 0 bridgehead atoms. The minimum Gasteiger partial charge on any atom is -0.360 e. The first kappa shape index (κ1) is 21.8. The summed E-state index contributed by atoms with van der Waals surface area (Å²) in [5.74, 6) is 0.903. The maximum absolute atomic E-state index is 13.9. The van der Waals surface area contributed by atoms with Gasteiger partial charge in [0.25, 0.3) is 5.91 Å². The van der Waals surface area contributed by atoms with Gasteiger partial charge in [0.15, 0.2) is 11.6 Å². The van der Waals surface area contributed by atoms with Crippen molar-refractivity contribution in [3.8, 4) is 6.07 Å². The highest BCUT2D eigenvalue weighted by molar-refractivity contribution is 5.95. The van der Waals surface area contributed by atoms with Gasteiger partial charge in [-0.2, -0.15) is 9.94 Å². The normalized spacial score (nSPS) is 18.8. The summed E-state index contributed by atoms with van der Waals surface area (Å²) in [5, 5.41) is 16.5. The summed E-state index contributed by atoms with van der Waals surface area (Å²) in [7, 11) is 3.67. The van der Waals surface area contributed by atoms with Crippen LogP contribution < -0.4 is 15.3 Å². The Morgan fingerprint density at radius 1 is 1.23 bits per heavy atom. The Kier molecular flexibility index (Phi) is 5.91. The first-order valence-corrected chi connectivity index (χ1v) is 10.5. The smallest absolute Gasteiger partial charge is 0.271 e. The van der Waals surface area contributed by atoms with E-state index in [9.17, 15) is 10.1 Å². The van der Waals surface area contributed by atoms with Gasteiger partial charge in [-0.05, 0) is 17.4 Å². The molecule has 3 rings (SSSR count). The lowest BCUT2D eigenvalue weighted by molar-refractivity contribution is 0.0449. The Bertz CT molecular complexity index is 951. The first-order chi connectivity index (χ1) is 14.2. The average Bonchev–Trinajstić information content (AvgIpc) is 3.09. The third kappa shape index (κ3) is 3.56. The summed E-state index contributed by atoms with van der Waals surface area (Å²) in [4.78, 5) is 15.7. The van der Waals surface area contributed by atoms with Gasteiger partial charge in [0.2, 0.25) is 0 Å². The maximum atomic E-state index is 13.9. The molecule has 1 atom stereocenters. The van der Waals surface area contributed by atoms with E-state index in [0.29, 0.717) is 30.2 Å². The van der Waals surface area contributed by atoms with Gasteiger partial charge in [0.05, 0.1) is 6.54 Å². The number of hydrogen-bond donors (Lipinski definition) is 1. The number of aromatic nitrogens is 2. The quantitative estimate of drug-likeness (QED) is 0.780. The molecule has 7 nitrogen and oxygen atoms in total. The second kappa shape index (κ2) is 8.11. The number of fused-ring (bicyclic) bond motifs is 1. The van der Waals surface area contributed by atoms with Crippen molar-refractivity contribution < 1.29 is 4.79 Å². The van der Waals surface area contributed by atoms with Crippen molar-refractivity contribution in [2.45, 2.75) is 59.0 Å². The monoisotopic (exact) mass is 408 g/mol. The minimum absolute atomic E-state index is 0.104. The van der Waals surface area contributed by atoms with E-state index in [1.54, 1.807) is 4.90 Å². The van der Waals surface area contributed by atoms with Gasteiger partial charge in [0, 0.05) is 14.1 Å². The molecule has 1 aliphatic rings. The molecule has 0 saturated carbocycles. The third-order valence-electron chi connectivity index (χ3n) is 5.89. The molecule has 0 spiro atoms. The molecule has 30 heavy (non-hydrogen) atoms. The van der Waals surface area contributed by atoms with Crippen LogP contribution in [0.25, 0.3) is 0 Å². The predicted octanol–water partition coefficient (Wildman–Crippen LogP) is 3.96. The molecule has 1 aliphatic heterocycles. The Hall–Kier alpha value is -2.85. The van der Waals surface area contributed by atoms with E-state index in [4.69, 9.17) is 0 Å². The van der Waals surface area contributed by atoms with E-state index >= 15 is 0 Å². The van der Waals surface area contributed by atoms with Crippen LogP contribution in [-0.4, -0.2) is 35.3 Å². The van der Waals surface area contributed by atoms with Crippen LogP contribution in [0.3, 0.4) is 0 Å². The van der Waals surface area contributed by atoms with Crippen LogP contribution in [0.5, 0.6) is 0 Å². The van der Waals surface area contributed by atoms with Crippen molar-refractivity contribution in [1.29, 1.82) is 5.26 Å². The summed E-state index contributed by atoms with van der Waals surface area (Å²) in [6.45, 7) is 8.90. The van der Waals surface area contributed by atoms with Crippen LogP contribution >= 0.6 is 0 Å². The minimum atomic E-state index is -0.826. The van der Waals surface area contributed by atoms with Gasteiger partial charge < -0.3 is 4.90 Å². The number of anilines is 2. The van der Waals surface area contributed by atoms with E-state index in [2.05, 4.69) is 44.3 Å². The summed E-state index contributed by atoms with van der Waals surface area (Å²) >= 11 is 0. The zero-order valence-electron chi connectivity index (χ0n) is 18.9. The van der Waals surface area contributed by atoms with Crippen LogP contribution in [0.15, 0.2) is 30.3 Å². The van der Waals surface area contributed by atoms with E-state index in [-0.39, 0.29) is 11.3 Å². The Morgan fingerprint density at radius 2 is 1.90 bits per heavy atom. The topological polar surface area (TPSA) is 77.2 Å². The molecule has 160 valence electrons. The summed E-state index contributed by atoms with van der Waals surface area (Å²) in [6.07, 6.45) is 2.59. The number of nitrogens with zero attached hydrogens (tertiary/aromatic N) is 5. The van der Waals surface area contributed by atoms with Crippen molar-refractivity contribution in [3.63, 3.8) is 0 Å². The lowest BCUT2D eigenvalue weighted by Crippen LogP contribution is -2.70. The second-order valence-corrected chi connectivity index (χ2v) is 9.19. The maximum Gasteiger partial charge on any atom is 0.271 e. The van der Waals surface area contributed by atoms with E-state index in [1.165, 1.54) is 4.68 Å². The number of hydrogen-bond acceptors (Lipinski definition) is 6. The molecule has 0 amide bonds. The van der Waals surface area contributed by atoms with Crippen LogP contribution in [0.4, 0.5) is 11.6 Å². The molecule has 2 heterocycles. The molecule has 0 radical (unpaired) electrons. The van der Waals surface area contributed by atoms with Crippen molar-refractivity contribution in [2.75, 3.05) is 24.0 Å². The number of carbonyl (C=O) groups excluding carboxylic acids is 1. The predicted molar refractivity (Wildman–Crippen MR) is 119 cm³/mol. The van der Waals surface area contributed by atoms with Gasteiger partial charge in [-0.15, -0.1) is 5.10 Å². The lowest BCUT2D eigenvalue weighted by atomic mass is 9.70. The molecule has 0 fully saturated rings. The number of carbonyl (C=O) groups is 1. The number of nitrogens with one attached hydrogen (secondary N) is 1. The summed E-state index contributed by atoms with van der Waals surface area (Å²) in [5.41, 5.74) is 3.87. The van der Waals surface area contributed by atoms with Crippen molar-refractivity contribution >= 4 is 17.5 Å². The second-order valence-electron chi connectivity index (χ2n) is 9.19. The van der Waals surface area contributed by atoms with Crippen LogP contribution in [0.1, 0.15) is 62.9 Å². The highest BCUT2D eigenvalue weighted by Crippen LogP contribution is 2.42. The molecule has 1 aromatic heterocycles. The van der Waals surface area contributed by atoms with Crippen LogP contribution in [0, 0.1) is 16.7 Å². The first-order valence-electron chi connectivity index (χ1n) is 10.5. The van der Waals surface area contributed by atoms with Gasteiger partial charge in [0.1, 0.15) is 17.2 Å².